The molecule has 108 valence electrons. The molecule has 3 aromatic heterocycles. The van der Waals surface area contributed by atoms with Crippen LogP contribution in [0, 0.1) is 0 Å². The first-order chi connectivity index (χ1) is 10.1. The lowest BCUT2D eigenvalue weighted by Crippen LogP contribution is -2.12. The molecule has 3 heterocycles. The number of hydrogen-bond donors (Lipinski definition) is 2. The Labute approximate surface area is 125 Å². The van der Waals surface area contributed by atoms with E-state index in [1.54, 1.807) is 17.7 Å². The van der Waals surface area contributed by atoms with Crippen LogP contribution in [-0.2, 0) is 0 Å². The number of hydrogen-bond acceptors (Lipinski definition) is 5. The Hall–Kier alpha value is -2.41. The van der Waals surface area contributed by atoms with Crippen molar-refractivity contribution in [3.05, 3.63) is 41.2 Å². The van der Waals surface area contributed by atoms with E-state index in [-0.39, 0.29) is 5.91 Å². The van der Waals surface area contributed by atoms with E-state index in [1.165, 1.54) is 11.3 Å². The van der Waals surface area contributed by atoms with Gasteiger partial charge in [0.25, 0.3) is 5.91 Å². The van der Waals surface area contributed by atoms with Gasteiger partial charge >= 0.3 is 0 Å². The van der Waals surface area contributed by atoms with Crippen LogP contribution >= 0.6 is 11.3 Å². The normalized spacial score (nSPS) is 11.0. The third-order valence-corrected chi connectivity index (χ3v) is 3.79. The summed E-state index contributed by atoms with van der Waals surface area (Å²) in [4.78, 5) is 16.4. The number of furan rings is 1. The maximum atomic E-state index is 12.1. The van der Waals surface area contributed by atoms with Gasteiger partial charge in [0.2, 0.25) is 0 Å². The van der Waals surface area contributed by atoms with Gasteiger partial charge in [-0.2, -0.15) is 5.10 Å². The maximum absolute atomic E-state index is 12.1. The summed E-state index contributed by atoms with van der Waals surface area (Å²) in [6, 6.07) is 5.42. The second-order valence-corrected chi connectivity index (χ2v) is 5.69. The number of carbonyl (C=O) groups excluding carboxylic acids is 1. The van der Waals surface area contributed by atoms with E-state index in [2.05, 4.69) is 34.3 Å². The molecule has 7 heteroatoms. The van der Waals surface area contributed by atoms with E-state index in [4.69, 9.17) is 4.42 Å². The minimum Gasteiger partial charge on any atom is -0.462 e. The zero-order chi connectivity index (χ0) is 14.8. The maximum Gasteiger partial charge on any atom is 0.276 e. The lowest BCUT2D eigenvalue weighted by Gasteiger charge is -1.98. The summed E-state index contributed by atoms with van der Waals surface area (Å²) in [6.07, 6.45) is 1.58. The molecule has 0 saturated heterocycles. The van der Waals surface area contributed by atoms with Gasteiger partial charge in [-0.3, -0.25) is 9.89 Å². The van der Waals surface area contributed by atoms with Crippen LogP contribution in [0.3, 0.4) is 0 Å². The molecule has 0 radical (unpaired) electrons. The summed E-state index contributed by atoms with van der Waals surface area (Å²) in [6.45, 7) is 4.10. The number of H-pyrrole nitrogens is 1. The molecule has 2 N–H and O–H groups in total. The Morgan fingerprint density at radius 2 is 2.33 bits per heavy atom. The quantitative estimate of drug-likeness (QED) is 0.772. The molecule has 0 aliphatic rings. The van der Waals surface area contributed by atoms with Gasteiger partial charge in [-0.25, -0.2) is 4.98 Å². The number of anilines is 1. The Kier molecular flexibility index (Phi) is 3.57. The Morgan fingerprint density at radius 1 is 1.48 bits per heavy atom. The van der Waals surface area contributed by atoms with E-state index < -0.39 is 0 Å². The minimum absolute atomic E-state index is 0.286. The monoisotopic (exact) mass is 302 g/mol. The van der Waals surface area contributed by atoms with Crippen molar-refractivity contribution in [2.45, 2.75) is 19.8 Å². The molecule has 21 heavy (non-hydrogen) atoms. The van der Waals surface area contributed by atoms with Crippen molar-refractivity contribution in [3.8, 4) is 10.8 Å². The first-order valence-corrected chi connectivity index (χ1v) is 7.37. The van der Waals surface area contributed by atoms with Crippen molar-refractivity contribution in [2.24, 2.45) is 0 Å². The highest BCUT2D eigenvalue weighted by Crippen LogP contribution is 2.24. The number of amides is 1. The Morgan fingerprint density at radius 3 is 3.00 bits per heavy atom. The highest BCUT2D eigenvalue weighted by atomic mass is 32.1. The van der Waals surface area contributed by atoms with Crippen LogP contribution in [0.1, 0.15) is 35.9 Å². The number of rotatable bonds is 4. The topological polar surface area (TPSA) is 83.8 Å². The highest BCUT2D eigenvalue weighted by molar-refractivity contribution is 7.13. The average Bonchev–Trinajstić information content (AvgIpc) is 3.19. The van der Waals surface area contributed by atoms with Gasteiger partial charge in [-0.15, -0.1) is 11.3 Å². The van der Waals surface area contributed by atoms with Crippen LogP contribution in [0.15, 0.2) is 34.3 Å². The first kappa shape index (κ1) is 13.6. The van der Waals surface area contributed by atoms with Crippen LogP contribution < -0.4 is 5.32 Å². The van der Waals surface area contributed by atoms with Gasteiger partial charge in [-0.1, -0.05) is 13.8 Å². The minimum atomic E-state index is -0.286. The predicted octanol–water partition coefficient (Wildman–Crippen LogP) is 3.50. The summed E-state index contributed by atoms with van der Waals surface area (Å²) in [5, 5.41) is 12.0. The third-order valence-electron chi connectivity index (χ3n) is 2.93. The number of carbonyl (C=O) groups is 1. The van der Waals surface area contributed by atoms with E-state index in [1.807, 2.05) is 12.1 Å². The molecule has 0 saturated carbocycles. The van der Waals surface area contributed by atoms with Crippen molar-refractivity contribution in [2.75, 3.05) is 5.32 Å². The molecule has 0 bridgehead atoms. The molecule has 0 aliphatic carbocycles. The molecule has 0 fully saturated rings. The lowest BCUT2D eigenvalue weighted by molar-refractivity contribution is 0.102. The molecule has 0 unspecified atom stereocenters. The van der Waals surface area contributed by atoms with Gasteiger partial charge < -0.3 is 9.73 Å². The molecular formula is C14H14N4O2S. The van der Waals surface area contributed by atoms with Crippen LogP contribution in [0.5, 0.6) is 0 Å². The molecule has 0 aromatic carbocycles. The molecule has 0 aliphatic heterocycles. The largest absolute Gasteiger partial charge is 0.462 e. The van der Waals surface area contributed by atoms with Gasteiger partial charge in [0, 0.05) is 17.1 Å². The molecule has 1 amide bonds. The second-order valence-electron chi connectivity index (χ2n) is 4.83. The summed E-state index contributed by atoms with van der Waals surface area (Å²) in [5.74, 6) is 1.19. The summed E-state index contributed by atoms with van der Waals surface area (Å²) >= 11 is 1.36. The molecule has 0 atom stereocenters. The van der Waals surface area contributed by atoms with E-state index in [9.17, 15) is 4.79 Å². The summed E-state index contributed by atoms with van der Waals surface area (Å²) in [5.41, 5.74) is 1.32. The molecular weight excluding hydrogens is 288 g/mol. The molecule has 6 nitrogen and oxygen atoms in total. The number of thiazole rings is 1. The SMILES string of the molecule is CC(C)c1cc(NC(=O)c2csc(-c3ccco3)n2)n[nH]1. The van der Waals surface area contributed by atoms with Crippen LogP contribution in [0.25, 0.3) is 10.8 Å². The summed E-state index contributed by atoms with van der Waals surface area (Å²) < 4.78 is 5.26. The van der Waals surface area contributed by atoms with Crippen molar-refractivity contribution in [3.63, 3.8) is 0 Å². The van der Waals surface area contributed by atoms with E-state index in [0.717, 1.165) is 5.69 Å². The number of aromatic amines is 1. The molecule has 3 aromatic rings. The number of nitrogens with one attached hydrogen (secondary N) is 2. The Bertz CT molecular complexity index is 743. The fourth-order valence-corrected chi connectivity index (χ4v) is 2.53. The van der Waals surface area contributed by atoms with Crippen molar-refractivity contribution >= 4 is 23.1 Å². The first-order valence-electron chi connectivity index (χ1n) is 6.49. The van der Waals surface area contributed by atoms with Crippen molar-refractivity contribution in [1.82, 2.24) is 15.2 Å². The fraction of sp³-hybridized carbons (Fsp3) is 0.214. The highest BCUT2D eigenvalue weighted by Gasteiger charge is 2.15. The van der Waals surface area contributed by atoms with E-state index in [0.29, 0.717) is 28.2 Å². The number of aromatic nitrogens is 3. The molecule has 3 rings (SSSR count). The third kappa shape index (κ3) is 2.87. The van der Waals surface area contributed by atoms with Crippen LogP contribution in [0.2, 0.25) is 0 Å². The standard InChI is InChI=1S/C14H14N4O2S/c1-8(2)9-6-12(18-17-9)16-13(19)10-7-21-14(15-10)11-4-3-5-20-11/h3-8H,1-2H3,(H2,16,17,18,19). The van der Waals surface area contributed by atoms with Gasteiger partial charge in [0.1, 0.15) is 5.69 Å². The number of nitrogens with zero attached hydrogens (tertiary/aromatic N) is 2. The second kappa shape index (κ2) is 5.53. The summed E-state index contributed by atoms with van der Waals surface area (Å²) in [7, 11) is 0. The van der Waals surface area contributed by atoms with Crippen LogP contribution in [0.4, 0.5) is 5.82 Å². The van der Waals surface area contributed by atoms with Gasteiger partial charge in [0.15, 0.2) is 16.6 Å². The predicted molar refractivity (Wildman–Crippen MR) is 80.4 cm³/mol. The van der Waals surface area contributed by atoms with Crippen molar-refractivity contribution in [1.29, 1.82) is 0 Å². The fourth-order valence-electron chi connectivity index (χ4n) is 1.77. The van der Waals surface area contributed by atoms with Gasteiger partial charge in [-0.05, 0) is 18.1 Å². The van der Waals surface area contributed by atoms with Crippen molar-refractivity contribution < 1.29 is 9.21 Å². The Balaban J connectivity index is 1.73. The average molecular weight is 302 g/mol. The van der Waals surface area contributed by atoms with Crippen LogP contribution in [-0.4, -0.2) is 21.1 Å². The zero-order valence-electron chi connectivity index (χ0n) is 11.6. The van der Waals surface area contributed by atoms with E-state index >= 15 is 0 Å². The molecule has 0 spiro atoms. The smallest absolute Gasteiger partial charge is 0.276 e. The zero-order valence-corrected chi connectivity index (χ0v) is 12.4. The lowest BCUT2D eigenvalue weighted by atomic mass is 10.1. The van der Waals surface area contributed by atoms with Gasteiger partial charge in [0.05, 0.1) is 6.26 Å².